The minimum atomic E-state index is -1.05. The van der Waals surface area contributed by atoms with Crippen molar-refractivity contribution in [2.24, 2.45) is 5.92 Å². The fourth-order valence-corrected chi connectivity index (χ4v) is 3.62. The van der Waals surface area contributed by atoms with Crippen molar-refractivity contribution in [2.45, 2.75) is 6.04 Å². The highest BCUT2D eigenvalue weighted by Crippen LogP contribution is 2.32. The molecule has 0 saturated heterocycles. The maximum atomic E-state index is 11.7. The number of nitrogens with zero attached hydrogens (tertiary/aromatic N) is 5. The highest BCUT2D eigenvalue weighted by atomic mass is 35.5. The second kappa shape index (κ2) is 7.46. The average Bonchev–Trinajstić information content (AvgIpc) is 3.32. The lowest BCUT2D eigenvalue weighted by atomic mass is 10.00. The van der Waals surface area contributed by atoms with Gasteiger partial charge >= 0.3 is 5.97 Å². The van der Waals surface area contributed by atoms with Crippen LogP contribution >= 0.6 is 11.6 Å². The van der Waals surface area contributed by atoms with Crippen LogP contribution in [0.3, 0.4) is 0 Å². The van der Waals surface area contributed by atoms with Crippen LogP contribution in [0.1, 0.15) is 11.6 Å². The Morgan fingerprint density at radius 2 is 2.10 bits per heavy atom. The van der Waals surface area contributed by atoms with E-state index in [-0.39, 0.29) is 0 Å². The van der Waals surface area contributed by atoms with Crippen LogP contribution < -0.4 is 0 Å². The predicted octanol–water partition coefficient (Wildman–Crippen LogP) is 4.11. The summed E-state index contributed by atoms with van der Waals surface area (Å²) in [6.07, 6.45) is 9.20. The normalized spacial score (nSPS) is 13.1. The van der Waals surface area contributed by atoms with E-state index in [1.165, 1.54) is 18.3 Å². The van der Waals surface area contributed by atoms with Crippen LogP contribution in [0.4, 0.5) is 0 Å². The number of hydrogen-bond acceptors (Lipinski definition) is 5. The van der Waals surface area contributed by atoms with Gasteiger partial charge in [-0.05, 0) is 6.07 Å². The number of carboxylic acid groups (broad SMARTS) is 1. The summed E-state index contributed by atoms with van der Waals surface area (Å²) >= 11 is 6.08. The molecule has 8 nitrogen and oxygen atoms in total. The van der Waals surface area contributed by atoms with E-state index in [1.54, 1.807) is 29.2 Å². The number of carboxylic acids is 1. The zero-order chi connectivity index (χ0) is 21.4. The fraction of sp³-hybridized carbons (Fsp3) is 0.0952. The third kappa shape index (κ3) is 3.02. The zero-order valence-electron chi connectivity index (χ0n) is 15.6. The summed E-state index contributed by atoms with van der Waals surface area (Å²) in [5.41, 5.74) is 2.06. The van der Waals surface area contributed by atoms with Crippen molar-refractivity contribution in [3.8, 4) is 17.5 Å². The lowest BCUT2D eigenvalue weighted by Gasteiger charge is -2.20. The Balaban J connectivity index is 1.96. The SMILES string of the molecule is C=C[C@H]([C@@H](C=C)C(=O)O)n1cc(C#N)c2cnc(-c3c[nH]c4ncc(Cl)cc34)nc21. The molecule has 4 aromatic heterocycles. The van der Waals surface area contributed by atoms with Crippen molar-refractivity contribution in [3.63, 3.8) is 0 Å². The Morgan fingerprint density at radius 3 is 2.77 bits per heavy atom. The van der Waals surface area contributed by atoms with Gasteiger partial charge in [0, 0.05) is 35.7 Å². The van der Waals surface area contributed by atoms with Gasteiger partial charge in [-0.1, -0.05) is 23.8 Å². The number of fused-ring (bicyclic) bond motifs is 2. The molecular formula is C21H15ClN6O2. The molecule has 0 amide bonds. The minimum Gasteiger partial charge on any atom is -0.481 e. The van der Waals surface area contributed by atoms with Gasteiger partial charge < -0.3 is 14.7 Å². The number of pyridine rings is 1. The molecule has 2 N–H and O–H groups in total. The summed E-state index contributed by atoms with van der Waals surface area (Å²) in [6.45, 7) is 7.39. The number of halogens is 1. The summed E-state index contributed by atoms with van der Waals surface area (Å²) in [5, 5.41) is 20.8. The van der Waals surface area contributed by atoms with E-state index in [0.29, 0.717) is 38.7 Å². The third-order valence-electron chi connectivity index (χ3n) is 4.90. The van der Waals surface area contributed by atoms with Crippen LogP contribution in [-0.4, -0.2) is 35.6 Å². The maximum absolute atomic E-state index is 11.7. The smallest absolute Gasteiger partial charge is 0.312 e. The summed E-state index contributed by atoms with van der Waals surface area (Å²) in [6, 6.07) is 3.17. The van der Waals surface area contributed by atoms with Gasteiger partial charge in [0.1, 0.15) is 17.4 Å². The van der Waals surface area contributed by atoms with Gasteiger partial charge in [0.15, 0.2) is 5.82 Å². The number of aliphatic carboxylic acids is 1. The maximum Gasteiger partial charge on any atom is 0.312 e. The largest absolute Gasteiger partial charge is 0.481 e. The van der Waals surface area contributed by atoms with Gasteiger partial charge in [-0.25, -0.2) is 15.0 Å². The van der Waals surface area contributed by atoms with Crippen LogP contribution in [0.25, 0.3) is 33.5 Å². The molecule has 4 rings (SSSR count). The first-order valence-corrected chi connectivity index (χ1v) is 9.25. The lowest BCUT2D eigenvalue weighted by molar-refractivity contribution is -0.140. The second-order valence-corrected chi connectivity index (χ2v) is 7.01. The lowest BCUT2D eigenvalue weighted by Crippen LogP contribution is -2.23. The first kappa shape index (κ1) is 19.4. The molecule has 0 aromatic carbocycles. The molecule has 0 aliphatic carbocycles. The van der Waals surface area contributed by atoms with Crippen LogP contribution in [0.2, 0.25) is 5.02 Å². The van der Waals surface area contributed by atoms with Gasteiger partial charge in [0.25, 0.3) is 0 Å². The molecule has 9 heteroatoms. The molecule has 0 spiro atoms. The van der Waals surface area contributed by atoms with Crippen LogP contribution in [0, 0.1) is 17.2 Å². The van der Waals surface area contributed by atoms with Crippen molar-refractivity contribution in [1.82, 2.24) is 24.5 Å². The molecular weight excluding hydrogens is 404 g/mol. The number of hydrogen-bond donors (Lipinski definition) is 2. The number of aromatic amines is 1. The molecule has 0 aliphatic heterocycles. The molecule has 0 unspecified atom stereocenters. The van der Waals surface area contributed by atoms with E-state index >= 15 is 0 Å². The number of nitriles is 1. The predicted molar refractivity (Wildman–Crippen MR) is 113 cm³/mol. The molecule has 30 heavy (non-hydrogen) atoms. The van der Waals surface area contributed by atoms with Crippen molar-refractivity contribution in [1.29, 1.82) is 5.26 Å². The topological polar surface area (TPSA) is 120 Å². The summed E-state index contributed by atoms with van der Waals surface area (Å²) in [7, 11) is 0. The quantitative estimate of drug-likeness (QED) is 0.454. The molecule has 0 bridgehead atoms. The third-order valence-corrected chi connectivity index (χ3v) is 5.11. The van der Waals surface area contributed by atoms with E-state index in [1.807, 2.05) is 0 Å². The van der Waals surface area contributed by atoms with Crippen LogP contribution in [-0.2, 0) is 4.79 Å². The van der Waals surface area contributed by atoms with E-state index in [4.69, 9.17) is 11.6 Å². The molecule has 148 valence electrons. The highest BCUT2D eigenvalue weighted by molar-refractivity contribution is 6.31. The van der Waals surface area contributed by atoms with Crippen LogP contribution in [0.15, 0.2) is 56.2 Å². The first-order chi connectivity index (χ1) is 14.5. The van der Waals surface area contributed by atoms with Gasteiger partial charge in [0.2, 0.25) is 0 Å². The standard InChI is InChI=1S/C21H15ClN6O2/c1-3-13(21(29)30)17(4-2)28-10-11(6-23)15-8-26-19(27-20(15)28)16-9-25-18-14(16)5-12(22)7-24-18/h3-5,7-10,13,17H,1-2H2,(H,24,25)(H,29,30)/t13-,17-/m1/s1. The second-order valence-electron chi connectivity index (χ2n) is 6.57. The summed E-state index contributed by atoms with van der Waals surface area (Å²) in [4.78, 5) is 28.0. The number of carbonyl (C=O) groups is 1. The monoisotopic (exact) mass is 418 g/mol. The summed E-state index contributed by atoms with van der Waals surface area (Å²) < 4.78 is 1.62. The van der Waals surface area contributed by atoms with Gasteiger partial charge in [-0.15, -0.1) is 13.2 Å². The Hall–Kier alpha value is -3.96. The van der Waals surface area contributed by atoms with E-state index in [0.717, 1.165) is 5.39 Å². The number of allylic oxidation sites excluding steroid dienone is 1. The average molecular weight is 419 g/mol. The number of rotatable bonds is 6. The molecule has 4 heterocycles. The molecule has 4 aromatic rings. The van der Waals surface area contributed by atoms with Gasteiger partial charge in [-0.2, -0.15) is 5.26 Å². The summed E-state index contributed by atoms with van der Waals surface area (Å²) in [5.74, 6) is -1.61. The van der Waals surface area contributed by atoms with Crippen molar-refractivity contribution < 1.29 is 9.90 Å². The molecule has 0 saturated carbocycles. The minimum absolute atomic E-state index is 0.334. The van der Waals surface area contributed by atoms with E-state index in [9.17, 15) is 15.2 Å². The van der Waals surface area contributed by atoms with Crippen LogP contribution in [0.5, 0.6) is 0 Å². The van der Waals surface area contributed by atoms with Gasteiger partial charge in [0.05, 0.1) is 27.9 Å². The molecule has 0 fully saturated rings. The fourth-order valence-electron chi connectivity index (χ4n) is 3.46. The molecule has 2 atom stereocenters. The number of nitrogens with one attached hydrogen (secondary N) is 1. The van der Waals surface area contributed by atoms with Crippen molar-refractivity contribution >= 4 is 39.6 Å². The van der Waals surface area contributed by atoms with Gasteiger partial charge in [-0.3, -0.25) is 4.79 Å². The Kier molecular flexibility index (Phi) is 4.82. The Morgan fingerprint density at radius 1 is 1.30 bits per heavy atom. The Bertz CT molecular complexity index is 1360. The van der Waals surface area contributed by atoms with Crippen molar-refractivity contribution in [3.05, 3.63) is 66.7 Å². The number of H-pyrrole nitrogens is 1. The first-order valence-electron chi connectivity index (χ1n) is 8.87. The van der Waals surface area contributed by atoms with E-state index < -0.39 is 17.9 Å². The van der Waals surface area contributed by atoms with Crippen molar-refractivity contribution in [2.75, 3.05) is 0 Å². The number of aromatic nitrogens is 5. The molecule has 0 aliphatic rings. The zero-order valence-corrected chi connectivity index (χ0v) is 16.3. The molecule has 0 radical (unpaired) electrons. The highest BCUT2D eigenvalue weighted by Gasteiger charge is 2.27. The van der Waals surface area contributed by atoms with E-state index in [2.05, 4.69) is 39.2 Å². The Labute approximate surface area is 175 Å².